The summed E-state index contributed by atoms with van der Waals surface area (Å²) in [6.07, 6.45) is 2.20. The van der Waals surface area contributed by atoms with Crippen LogP contribution in [0.1, 0.15) is 33.1 Å². The van der Waals surface area contributed by atoms with Crippen LogP contribution < -0.4 is 0 Å². The van der Waals surface area contributed by atoms with Gasteiger partial charge >= 0.3 is 0 Å². The van der Waals surface area contributed by atoms with Crippen LogP contribution in [0.15, 0.2) is 0 Å². The van der Waals surface area contributed by atoms with Crippen molar-refractivity contribution in [3.8, 4) is 0 Å². The summed E-state index contributed by atoms with van der Waals surface area (Å²) in [6, 6.07) is 0. The molecule has 0 aromatic carbocycles. The van der Waals surface area contributed by atoms with Gasteiger partial charge in [0.15, 0.2) is 0 Å². The molecule has 18 heavy (non-hydrogen) atoms. The Morgan fingerprint density at radius 3 is 2.72 bits per heavy atom. The fourth-order valence-corrected chi connectivity index (χ4v) is 5.58. The van der Waals surface area contributed by atoms with Gasteiger partial charge in [-0.25, -0.2) is 0 Å². The SMILES string of the molecule is CC(C)C(Cl)OC1C2CCC3C1OS(=O)(=O)C3C2. The number of fused-ring (bicyclic) bond motifs is 1. The van der Waals surface area contributed by atoms with Crippen LogP contribution in [0.4, 0.5) is 0 Å². The van der Waals surface area contributed by atoms with Crippen LogP contribution in [0.25, 0.3) is 0 Å². The second-order valence-corrected chi connectivity index (χ2v) is 8.24. The average molecular weight is 295 g/mol. The van der Waals surface area contributed by atoms with E-state index < -0.39 is 10.1 Å². The van der Waals surface area contributed by atoms with Crippen LogP contribution in [0.5, 0.6) is 0 Å². The third-order valence-electron chi connectivity index (χ3n) is 4.52. The summed E-state index contributed by atoms with van der Waals surface area (Å²) in [5.41, 5.74) is -0.375. The molecule has 0 aromatic heterocycles. The monoisotopic (exact) mass is 294 g/mol. The Labute approximate surface area is 113 Å². The zero-order chi connectivity index (χ0) is 13.1. The molecule has 3 saturated carbocycles. The Morgan fingerprint density at radius 1 is 1.33 bits per heavy atom. The maximum Gasteiger partial charge on any atom is 0.270 e. The van der Waals surface area contributed by atoms with Crippen LogP contribution in [0.2, 0.25) is 0 Å². The molecule has 1 heterocycles. The number of hydrogen-bond acceptors (Lipinski definition) is 4. The number of ether oxygens (including phenoxy) is 1. The fraction of sp³-hybridized carbons (Fsp3) is 1.00. The quantitative estimate of drug-likeness (QED) is 0.591. The molecule has 0 radical (unpaired) electrons. The molecular weight excluding hydrogens is 276 g/mol. The van der Waals surface area contributed by atoms with Gasteiger partial charge in [-0.15, -0.1) is 0 Å². The first-order valence-corrected chi connectivity index (χ1v) is 8.52. The van der Waals surface area contributed by atoms with Crippen LogP contribution >= 0.6 is 11.6 Å². The minimum atomic E-state index is -3.37. The van der Waals surface area contributed by atoms with Crippen LogP contribution in [0, 0.1) is 17.8 Å². The van der Waals surface area contributed by atoms with Crippen molar-refractivity contribution in [2.75, 3.05) is 0 Å². The van der Waals surface area contributed by atoms with E-state index in [9.17, 15) is 8.42 Å². The Morgan fingerprint density at radius 2 is 2.06 bits per heavy atom. The van der Waals surface area contributed by atoms with E-state index in [1.807, 2.05) is 13.8 Å². The zero-order valence-corrected chi connectivity index (χ0v) is 12.2. The van der Waals surface area contributed by atoms with Crippen LogP contribution in [-0.2, 0) is 19.0 Å². The highest BCUT2D eigenvalue weighted by molar-refractivity contribution is 7.87. The molecule has 4 aliphatic rings. The second kappa shape index (κ2) is 4.33. The Hall–Kier alpha value is 0.160. The van der Waals surface area contributed by atoms with Crippen molar-refractivity contribution in [3.05, 3.63) is 0 Å². The number of rotatable bonds is 3. The summed E-state index contributed by atoms with van der Waals surface area (Å²) in [7, 11) is -3.37. The van der Waals surface area contributed by atoms with Gasteiger partial charge in [-0.3, -0.25) is 4.18 Å². The third kappa shape index (κ3) is 1.90. The summed E-state index contributed by atoms with van der Waals surface area (Å²) in [6.45, 7) is 3.99. The number of hydrogen-bond donors (Lipinski definition) is 0. The molecule has 0 aromatic rings. The number of alkyl halides is 1. The second-order valence-electron chi connectivity index (χ2n) is 6.02. The van der Waals surface area contributed by atoms with E-state index in [2.05, 4.69) is 0 Å². The molecule has 1 aliphatic heterocycles. The molecule has 4 rings (SSSR count). The molecular formula is C12H19ClO4S. The topological polar surface area (TPSA) is 52.6 Å². The molecule has 104 valence electrons. The van der Waals surface area contributed by atoms with Crippen LogP contribution in [-0.4, -0.2) is 31.4 Å². The molecule has 4 nitrogen and oxygen atoms in total. The van der Waals surface area contributed by atoms with E-state index in [0.29, 0.717) is 6.42 Å². The summed E-state index contributed by atoms with van der Waals surface area (Å²) in [4.78, 5) is 0. The van der Waals surface area contributed by atoms with Gasteiger partial charge in [0.1, 0.15) is 11.7 Å². The fourth-order valence-electron chi connectivity index (χ4n) is 3.55. The van der Waals surface area contributed by atoms with Gasteiger partial charge in [0.25, 0.3) is 10.1 Å². The molecule has 0 amide bonds. The highest BCUT2D eigenvalue weighted by atomic mass is 35.5. The average Bonchev–Trinajstić information content (AvgIpc) is 2.53. The van der Waals surface area contributed by atoms with Gasteiger partial charge in [0, 0.05) is 5.92 Å². The lowest BCUT2D eigenvalue weighted by Gasteiger charge is -2.45. The maximum atomic E-state index is 11.9. The molecule has 0 spiro atoms. The van der Waals surface area contributed by atoms with Crippen molar-refractivity contribution in [3.63, 3.8) is 0 Å². The molecule has 4 fully saturated rings. The van der Waals surface area contributed by atoms with Gasteiger partial charge in [-0.05, 0) is 31.1 Å². The standard InChI is InChI=1S/C12H19ClO4S/c1-6(2)12(13)16-10-7-3-4-8-9(5-7)18(14,15)17-11(8)10/h6-12H,3-5H2,1-2H3. The first kappa shape index (κ1) is 13.2. The molecule has 6 atom stereocenters. The molecule has 6 heteroatoms. The lowest BCUT2D eigenvalue weighted by molar-refractivity contribution is -0.125. The van der Waals surface area contributed by atoms with E-state index in [-0.39, 0.29) is 40.8 Å². The van der Waals surface area contributed by atoms with E-state index in [0.717, 1.165) is 12.8 Å². The molecule has 1 saturated heterocycles. The van der Waals surface area contributed by atoms with E-state index in [1.54, 1.807) is 0 Å². The van der Waals surface area contributed by atoms with Crippen molar-refractivity contribution in [1.82, 2.24) is 0 Å². The van der Waals surface area contributed by atoms with Crippen molar-refractivity contribution >= 4 is 21.7 Å². The Balaban J connectivity index is 1.82. The highest BCUT2D eigenvalue weighted by Gasteiger charge is 2.61. The first-order valence-electron chi connectivity index (χ1n) is 6.62. The summed E-state index contributed by atoms with van der Waals surface area (Å²) < 4.78 is 34.9. The van der Waals surface area contributed by atoms with Crippen molar-refractivity contribution in [2.45, 2.75) is 56.1 Å². The van der Waals surface area contributed by atoms with Gasteiger partial charge in [0.2, 0.25) is 0 Å². The molecule has 3 aliphatic carbocycles. The summed E-state index contributed by atoms with van der Waals surface area (Å²) in [5, 5.41) is -0.297. The smallest absolute Gasteiger partial charge is 0.270 e. The van der Waals surface area contributed by atoms with E-state index in [4.69, 9.17) is 20.5 Å². The lowest BCUT2D eigenvalue weighted by atomic mass is 9.67. The van der Waals surface area contributed by atoms with Gasteiger partial charge in [-0.1, -0.05) is 25.4 Å². The molecule has 4 bridgehead atoms. The summed E-state index contributed by atoms with van der Waals surface area (Å²) in [5.74, 6) is 0.601. The highest BCUT2D eigenvalue weighted by Crippen LogP contribution is 2.52. The van der Waals surface area contributed by atoms with E-state index in [1.165, 1.54) is 0 Å². The summed E-state index contributed by atoms with van der Waals surface area (Å²) >= 11 is 6.17. The van der Waals surface area contributed by atoms with Gasteiger partial charge in [-0.2, -0.15) is 8.42 Å². The molecule has 0 N–H and O–H groups in total. The van der Waals surface area contributed by atoms with E-state index >= 15 is 0 Å². The minimum absolute atomic E-state index is 0.112. The first-order chi connectivity index (χ1) is 8.40. The molecule has 6 unspecified atom stereocenters. The van der Waals surface area contributed by atoms with Gasteiger partial charge < -0.3 is 4.74 Å². The normalized spacial score (nSPS) is 46.6. The predicted molar refractivity (Wildman–Crippen MR) is 67.8 cm³/mol. The maximum absolute atomic E-state index is 11.9. The predicted octanol–water partition coefficient (Wildman–Crippen LogP) is 2.12. The zero-order valence-electron chi connectivity index (χ0n) is 10.6. The lowest BCUT2D eigenvalue weighted by Crippen LogP contribution is -2.52. The third-order valence-corrected chi connectivity index (χ3v) is 6.90. The Kier molecular flexibility index (Phi) is 3.17. The largest absolute Gasteiger partial charge is 0.356 e. The Bertz CT molecular complexity index is 435. The minimum Gasteiger partial charge on any atom is -0.356 e. The van der Waals surface area contributed by atoms with Crippen LogP contribution in [0.3, 0.4) is 0 Å². The van der Waals surface area contributed by atoms with Gasteiger partial charge in [0.05, 0.1) is 11.4 Å². The number of halogens is 1. The van der Waals surface area contributed by atoms with Crippen molar-refractivity contribution in [1.29, 1.82) is 0 Å². The van der Waals surface area contributed by atoms with Crippen molar-refractivity contribution < 1.29 is 17.3 Å². The van der Waals surface area contributed by atoms with Crippen molar-refractivity contribution in [2.24, 2.45) is 17.8 Å².